The van der Waals surface area contributed by atoms with Gasteiger partial charge in [-0.3, -0.25) is 4.98 Å². The second-order valence-corrected chi connectivity index (χ2v) is 11.4. The van der Waals surface area contributed by atoms with Crippen molar-refractivity contribution in [2.24, 2.45) is 0 Å². The molecular formula is C42H25N3. The van der Waals surface area contributed by atoms with E-state index in [9.17, 15) is 0 Å². The maximum absolute atomic E-state index is 7.71. The molecule has 0 bridgehead atoms. The molecular weight excluding hydrogens is 546 g/mol. The highest BCUT2D eigenvalue weighted by atomic mass is 15.0. The Morgan fingerprint density at radius 2 is 1.13 bits per heavy atom. The van der Waals surface area contributed by atoms with E-state index in [0.717, 1.165) is 49.5 Å². The van der Waals surface area contributed by atoms with E-state index in [0.29, 0.717) is 5.69 Å². The van der Waals surface area contributed by atoms with E-state index in [1.165, 1.54) is 32.7 Å². The fourth-order valence-corrected chi connectivity index (χ4v) is 7.13. The minimum atomic E-state index is 0.643. The van der Waals surface area contributed by atoms with Crippen LogP contribution in [0.15, 0.2) is 152 Å². The number of aromatic nitrogens is 2. The van der Waals surface area contributed by atoms with Crippen molar-refractivity contribution < 1.29 is 0 Å². The Kier molecular flexibility index (Phi) is 5.57. The smallest absolute Gasteiger partial charge is 0.188 e. The van der Waals surface area contributed by atoms with Crippen LogP contribution in [0.1, 0.15) is 0 Å². The fraction of sp³-hybridized carbons (Fsp3) is 0. The molecule has 0 aliphatic heterocycles. The van der Waals surface area contributed by atoms with E-state index in [-0.39, 0.29) is 0 Å². The average molecular weight is 572 g/mol. The van der Waals surface area contributed by atoms with Gasteiger partial charge >= 0.3 is 0 Å². The van der Waals surface area contributed by atoms with Gasteiger partial charge in [-0.2, -0.15) is 0 Å². The maximum Gasteiger partial charge on any atom is 0.188 e. The van der Waals surface area contributed by atoms with Gasteiger partial charge in [0.05, 0.1) is 23.1 Å². The molecule has 0 amide bonds. The second-order valence-electron chi connectivity index (χ2n) is 11.4. The molecule has 0 radical (unpaired) electrons. The minimum absolute atomic E-state index is 0.643. The molecule has 9 rings (SSSR count). The summed E-state index contributed by atoms with van der Waals surface area (Å²) in [5, 5.41) is 8.15. The monoisotopic (exact) mass is 571 g/mol. The largest absolute Gasteiger partial charge is 0.309 e. The molecule has 0 aliphatic rings. The summed E-state index contributed by atoms with van der Waals surface area (Å²) in [6, 6.07) is 51.4. The number of pyridine rings is 1. The van der Waals surface area contributed by atoms with Gasteiger partial charge in [-0.25, -0.2) is 4.85 Å². The first-order valence-electron chi connectivity index (χ1n) is 15.1. The highest BCUT2D eigenvalue weighted by Crippen LogP contribution is 2.46. The average Bonchev–Trinajstić information content (AvgIpc) is 3.43. The van der Waals surface area contributed by atoms with Gasteiger partial charge in [0.25, 0.3) is 0 Å². The lowest BCUT2D eigenvalue weighted by Crippen LogP contribution is -1.94. The molecule has 45 heavy (non-hydrogen) atoms. The first-order chi connectivity index (χ1) is 22.3. The molecule has 0 saturated heterocycles. The summed E-state index contributed by atoms with van der Waals surface area (Å²) < 4.78 is 2.30. The molecule has 0 fully saturated rings. The zero-order valence-corrected chi connectivity index (χ0v) is 24.3. The quantitative estimate of drug-likeness (QED) is 0.153. The molecule has 0 saturated carbocycles. The number of hydrogen-bond donors (Lipinski definition) is 0. The molecule has 7 aromatic carbocycles. The Balaban J connectivity index is 1.39. The topological polar surface area (TPSA) is 22.2 Å². The van der Waals surface area contributed by atoms with E-state index in [1.807, 2.05) is 30.5 Å². The molecule has 9 aromatic rings. The summed E-state index contributed by atoms with van der Waals surface area (Å²) in [6.45, 7) is 7.71. The Bertz CT molecular complexity index is 2600. The molecule has 0 atom stereocenters. The Morgan fingerprint density at radius 3 is 1.84 bits per heavy atom. The molecule has 2 heterocycles. The van der Waals surface area contributed by atoms with E-state index in [2.05, 4.69) is 131 Å². The summed E-state index contributed by atoms with van der Waals surface area (Å²) in [5.41, 5.74) is 9.67. The number of nitrogens with zero attached hydrogens (tertiary/aromatic N) is 3. The molecule has 0 N–H and O–H groups in total. The van der Waals surface area contributed by atoms with Crippen LogP contribution in [0.3, 0.4) is 0 Å². The Labute approximate surface area is 260 Å². The summed E-state index contributed by atoms with van der Waals surface area (Å²) in [5.74, 6) is 0. The molecule has 3 nitrogen and oxygen atoms in total. The number of fused-ring (bicyclic) bond motifs is 6. The predicted molar refractivity (Wildman–Crippen MR) is 188 cm³/mol. The lowest BCUT2D eigenvalue weighted by Gasteiger charge is -2.18. The van der Waals surface area contributed by atoms with Gasteiger partial charge < -0.3 is 4.57 Å². The van der Waals surface area contributed by atoms with Crippen LogP contribution >= 0.6 is 0 Å². The van der Waals surface area contributed by atoms with Crippen LogP contribution in [-0.4, -0.2) is 9.55 Å². The van der Waals surface area contributed by atoms with Crippen molar-refractivity contribution in [3.05, 3.63) is 163 Å². The van der Waals surface area contributed by atoms with Crippen LogP contribution in [0, 0.1) is 6.57 Å². The normalized spacial score (nSPS) is 11.5. The van der Waals surface area contributed by atoms with Gasteiger partial charge in [0.15, 0.2) is 5.69 Å². The van der Waals surface area contributed by atoms with Gasteiger partial charge in [0.2, 0.25) is 0 Å². The number of hydrogen-bond acceptors (Lipinski definition) is 1. The second kappa shape index (κ2) is 9.91. The SMILES string of the molecule is [C-]#[N+]c1ccc2c(c1)c1cc(-c3c4ccccc4c(-c4cccc5cccnc45)c4ccccc34)ccc1n2-c1ccccc1. The predicted octanol–water partition coefficient (Wildman–Crippen LogP) is 11.5. The van der Waals surface area contributed by atoms with E-state index in [4.69, 9.17) is 11.6 Å². The molecule has 3 heteroatoms. The van der Waals surface area contributed by atoms with Crippen molar-refractivity contribution in [1.82, 2.24) is 9.55 Å². The Morgan fingerprint density at radius 1 is 0.511 bits per heavy atom. The third kappa shape index (κ3) is 3.80. The van der Waals surface area contributed by atoms with Crippen LogP contribution < -0.4 is 0 Å². The highest BCUT2D eigenvalue weighted by molar-refractivity contribution is 6.24. The minimum Gasteiger partial charge on any atom is -0.309 e. The van der Waals surface area contributed by atoms with Crippen molar-refractivity contribution >= 4 is 59.9 Å². The number of rotatable bonds is 3. The van der Waals surface area contributed by atoms with Crippen molar-refractivity contribution in [2.45, 2.75) is 0 Å². The Hall–Kier alpha value is -6.24. The van der Waals surface area contributed by atoms with Gasteiger partial charge in [0.1, 0.15) is 0 Å². The highest BCUT2D eigenvalue weighted by Gasteiger charge is 2.20. The van der Waals surface area contributed by atoms with Crippen LogP contribution in [0.2, 0.25) is 0 Å². The fourth-order valence-electron chi connectivity index (χ4n) is 7.13. The summed E-state index contributed by atoms with van der Waals surface area (Å²) in [6.07, 6.45) is 1.88. The third-order valence-corrected chi connectivity index (χ3v) is 9.01. The summed E-state index contributed by atoms with van der Waals surface area (Å²) in [4.78, 5) is 8.60. The number of para-hydroxylation sites is 2. The van der Waals surface area contributed by atoms with Gasteiger partial charge in [-0.15, -0.1) is 0 Å². The van der Waals surface area contributed by atoms with E-state index < -0.39 is 0 Å². The maximum atomic E-state index is 7.71. The van der Waals surface area contributed by atoms with Crippen molar-refractivity contribution in [3.63, 3.8) is 0 Å². The van der Waals surface area contributed by atoms with E-state index >= 15 is 0 Å². The summed E-state index contributed by atoms with van der Waals surface area (Å²) >= 11 is 0. The molecule has 0 spiro atoms. The van der Waals surface area contributed by atoms with E-state index in [1.54, 1.807) is 0 Å². The number of benzene rings is 7. The zero-order valence-electron chi connectivity index (χ0n) is 24.3. The standard InChI is InChI=1S/C42H25N3/c1-43-29-21-23-39-37(26-29)36-25-28(20-22-38(36)45(39)30-13-3-2-4-14-30)40-31-15-5-7-17-33(31)41(34-18-8-6-16-32(34)40)35-19-9-11-27-12-10-24-44-42(27)35/h2-26H. The van der Waals surface area contributed by atoms with Crippen LogP contribution in [0.25, 0.3) is 87.0 Å². The lowest BCUT2D eigenvalue weighted by molar-refractivity contribution is 1.18. The van der Waals surface area contributed by atoms with Crippen molar-refractivity contribution in [2.75, 3.05) is 0 Å². The third-order valence-electron chi connectivity index (χ3n) is 9.01. The van der Waals surface area contributed by atoms with Crippen LogP contribution in [0.5, 0.6) is 0 Å². The first kappa shape index (κ1) is 25.3. The summed E-state index contributed by atoms with van der Waals surface area (Å²) in [7, 11) is 0. The molecule has 2 aromatic heterocycles. The molecule has 208 valence electrons. The molecule has 0 aliphatic carbocycles. The lowest BCUT2D eigenvalue weighted by atomic mass is 9.85. The van der Waals surface area contributed by atoms with Crippen molar-refractivity contribution in [3.8, 4) is 27.9 Å². The van der Waals surface area contributed by atoms with Gasteiger partial charge in [-0.05, 0) is 86.1 Å². The van der Waals surface area contributed by atoms with Gasteiger partial charge in [-0.1, -0.05) is 103 Å². The van der Waals surface area contributed by atoms with Gasteiger partial charge in [0, 0.05) is 28.2 Å². The first-order valence-corrected chi connectivity index (χ1v) is 15.1. The van der Waals surface area contributed by atoms with Crippen LogP contribution in [0.4, 0.5) is 5.69 Å². The van der Waals surface area contributed by atoms with Crippen molar-refractivity contribution in [1.29, 1.82) is 0 Å². The zero-order chi connectivity index (χ0) is 29.9. The van der Waals surface area contributed by atoms with Crippen LogP contribution in [-0.2, 0) is 0 Å². The molecule has 0 unspecified atom stereocenters.